The molecule has 3 rings (SSSR count). The molecule has 170 valence electrons. The molecule has 0 aromatic heterocycles. The van der Waals surface area contributed by atoms with E-state index in [0.717, 1.165) is 20.4 Å². The second kappa shape index (κ2) is 10.3. The van der Waals surface area contributed by atoms with Crippen LogP contribution in [0.1, 0.15) is 48.7 Å². The Morgan fingerprint density at radius 2 is 1.84 bits per heavy atom. The third-order valence-electron chi connectivity index (χ3n) is 4.84. The van der Waals surface area contributed by atoms with Gasteiger partial charge in [-0.3, -0.25) is 9.69 Å². The first-order valence-electron chi connectivity index (χ1n) is 10.4. The van der Waals surface area contributed by atoms with E-state index in [1.165, 1.54) is 4.90 Å². The van der Waals surface area contributed by atoms with Crippen molar-refractivity contribution in [1.29, 1.82) is 0 Å². The van der Waals surface area contributed by atoms with Gasteiger partial charge < -0.3 is 14.8 Å². The smallest absolute Gasteiger partial charge is 0.407 e. The number of ether oxygens (including phenoxy) is 2. The Balaban J connectivity index is 1.69. The first kappa shape index (κ1) is 24.0. The molecule has 2 aromatic carbocycles. The molecule has 1 aliphatic heterocycles. The van der Waals surface area contributed by atoms with Gasteiger partial charge in [-0.15, -0.1) is 0 Å². The van der Waals surface area contributed by atoms with Crippen LogP contribution in [0.15, 0.2) is 42.5 Å². The zero-order chi connectivity index (χ0) is 23.3. The molecule has 7 nitrogen and oxygen atoms in total. The molecule has 1 N–H and O–H groups in total. The molecule has 0 radical (unpaired) electrons. The fourth-order valence-corrected chi connectivity index (χ4v) is 4.14. The van der Waals surface area contributed by atoms with Gasteiger partial charge in [-0.2, -0.15) is 0 Å². The van der Waals surface area contributed by atoms with Gasteiger partial charge in [0.2, 0.25) is 5.91 Å². The number of alkyl carbamates (subject to hydrolysis) is 1. The van der Waals surface area contributed by atoms with Crippen molar-refractivity contribution in [2.45, 2.75) is 45.6 Å². The quantitative estimate of drug-likeness (QED) is 0.425. The lowest BCUT2D eigenvalue weighted by molar-refractivity contribution is -0.119. The molecule has 0 saturated heterocycles. The lowest BCUT2D eigenvalue weighted by atomic mass is 9.98. The van der Waals surface area contributed by atoms with Crippen LogP contribution in [-0.4, -0.2) is 36.8 Å². The van der Waals surface area contributed by atoms with Crippen LogP contribution in [0, 0.1) is 3.57 Å². The Kier molecular flexibility index (Phi) is 7.76. The number of carbonyl (C=O) groups is 3. The molecule has 32 heavy (non-hydrogen) atoms. The topological polar surface area (TPSA) is 84.9 Å². The standard InChI is InChI=1S/C24H27IN2O5/c1-24(2,3)32-23(30)26-12-11-17-14-20-18(13-19(17)25)9-10-21(28)27(20)15-31-22(29)16-7-5-4-6-8-16/h4-8,13-14H,9-12,15H2,1-3H3,(H,26,30). The number of nitrogens with zero attached hydrogens (tertiary/aromatic N) is 1. The molecule has 0 aliphatic carbocycles. The Hall–Kier alpha value is -2.62. The number of aryl methyl sites for hydroxylation is 1. The molecule has 2 aromatic rings. The minimum absolute atomic E-state index is 0.0857. The Labute approximate surface area is 201 Å². The summed E-state index contributed by atoms with van der Waals surface area (Å²) in [6.45, 7) is 5.70. The normalized spacial score (nSPS) is 13.4. The third kappa shape index (κ3) is 6.44. The van der Waals surface area contributed by atoms with Gasteiger partial charge in [-0.25, -0.2) is 9.59 Å². The summed E-state index contributed by atoms with van der Waals surface area (Å²) in [6.07, 6.45) is 1.13. The van der Waals surface area contributed by atoms with E-state index >= 15 is 0 Å². The van der Waals surface area contributed by atoms with E-state index in [1.807, 2.05) is 32.9 Å². The maximum atomic E-state index is 12.6. The number of esters is 1. The highest BCUT2D eigenvalue weighted by Crippen LogP contribution is 2.32. The minimum Gasteiger partial charge on any atom is -0.444 e. The molecule has 8 heteroatoms. The van der Waals surface area contributed by atoms with Gasteiger partial charge in [-0.05, 0) is 91.6 Å². The van der Waals surface area contributed by atoms with Gasteiger partial charge in [0.1, 0.15) is 5.60 Å². The zero-order valence-corrected chi connectivity index (χ0v) is 20.6. The van der Waals surface area contributed by atoms with Crippen LogP contribution in [0.3, 0.4) is 0 Å². The monoisotopic (exact) mass is 550 g/mol. The van der Waals surface area contributed by atoms with Gasteiger partial charge in [0.15, 0.2) is 6.73 Å². The molecular formula is C24H27IN2O5. The number of hydrogen-bond donors (Lipinski definition) is 1. The number of rotatable bonds is 6. The fourth-order valence-electron chi connectivity index (χ4n) is 3.34. The van der Waals surface area contributed by atoms with Crippen molar-refractivity contribution in [2.24, 2.45) is 0 Å². The molecule has 0 saturated carbocycles. The van der Waals surface area contributed by atoms with E-state index in [9.17, 15) is 14.4 Å². The molecule has 2 amide bonds. The molecule has 1 aliphatic rings. The van der Waals surface area contributed by atoms with E-state index in [2.05, 4.69) is 34.0 Å². The van der Waals surface area contributed by atoms with Crippen LogP contribution in [-0.2, 0) is 27.1 Å². The highest BCUT2D eigenvalue weighted by atomic mass is 127. The average molecular weight is 550 g/mol. The number of fused-ring (bicyclic) bond motifs is 1. The molecule has 0 fully saturated rings. The molecular weight excluding hydrogens is 523 g/mol. The van der Waals surface area contributed by atoms with E-state index < -0.39 is 17.7 Å². The maximum absolute atomic E-state index is 12.6. The number of halogens is 1. The van der Waals surface area contributed by atoms with E-state index in [4.69, 9.17) is 9.47 Å². The first-order valence-corrected chi connectivity index (χ1v) is 11.5. The van der Waals surface area contributed by atoms with Gasteiger partial charge >= 0.3 is 12.1 Å². The highest BCUT2D eigenvalue weighted by Gasteiger charge is 2.26. The van der Waals surface area contributed by atoms with E-state index in [0.29, 0.717) is 31.4 Å². The number of amides is 2. The van der Waals surface area contributed by atoms with Crippen molar-refractivity contribution in [3.8, 4) is 0 Å². The second-order valence-electron chi connectivity index (χ2n) is 8.50. The molecule has 0 spiro atoms. The summed E-state index contributed by atoms with van der Waals surface area (Å²) in [5.74, 6) is -0.560. The largest absolute Gasteiger partial charge is 0.444 e. The molecule has 0 bridgehead atoms. The summed E-state index contributed by atoms with van der Waals surface area (Å²) < 4.78 is 11.7. The van der Waals surface area contributed by atoms with Crippen molar-refractivity contribution in [2.75, 3.05) is 18.2 Å². The molecule has 0 atom stereocenters. The van der Waals surface area contributed by atoms with Gasteiger partial charge in [0, 0.05) is 16.5 Å². The highest BCUT2D eigenvalue weighted by molar-refractivity contribution is 14.1. The predicted octanol–water partition coefficient (Wildman–Crippen LogP) is 4.45. The lowest BCUT2D eigenvalue weighted by Crippen LogP contribution is -2.38. The minimum atomic E-state index is -0.553. The van der Waals surface area contributed by atoms with Crippen LogP contribution in [0.4, 0.5) is 10.5 Å². The SMILES string of the molecule is CC(C)(C)OC(=O)NCCc1cc2c(cc1I)CCC(=O)N2COC(=O)c1ccccc1. The fraction of sp³-hybridized carbons (Fsp3) is 0.375. The predicted molar refractivity (Wildman–Crippen MR) is 130 cm³/mol. The van der Waals surface area contributed by atoms with Crippen molar-refractivity contribution < 1.29 is 23.9 Å². The average Bonchev–Trinajstić information content (AvgIpc) is 2.73. The Bertz CT molecular complexity index is 1000. The van der Waals surface area contributed by atoms with Crippen molar-refractivity contribution in [3.05, 3.63) is 62.7 Å². The van der Waals surface area contributed by atoms with Crippen LogP contribution in [0.5, 0.6) is 0 Å². The number of benzene rings is 2. The van der Waals surface area contributed by atoms with Crippen molar-refractivity contribution >= 4 is 46.2 Å². The summed E-state index contributed by atoms with van der Waals surface area (Å²) in [5, 5.41) is 2.76. The lowest BCUT2D eigenvalue weighted by Gasteiger charge is -2.30. The van der Waals surface area contributed by atoms with E-state index in [-0.39, 0.29) is 12.6 Å². The summed E-state index contributed by atoms with van der Waals surface area (Å²) in [4.78, 5) is 38.3. The Morgan fingerprint density at radius 1 is 1.12 bits per heavy atom. The summed E-state index contributed by atoms with van der Waals surface area (Å²) >= 11 is 2.26. The number of anilines is 1. The van der Waals surface area contributed by atoms with Crippen LogP contribution in [0.2, 0.25) is 0 Å². The molecule has 0 unspecified atom stereocenters. The van der Waals surface area contributed by atoms with Crippen molar-refractivity contribution in [1.82, 2.24) is 5.32 Å². The van der Waals surface area contributed by atoms with Crippen LogP contribution in [0.25, 0.3) is 0 Å². The van der Waals surface area contributed by atoms with Crippen molar-refractivity contribution in [3.63, 3.8) is 0 Å². The third-order valence-corrected chi connectivity index (χ3v) is 5.85. The first-order chi connectivity index (χ1) is 15.1. The summed E-state index contributed by atoms with van der Waals surface area (Å²) in [6, 6.07) is 12.7. The van der Waals surface area contributed by atoms with Crippen LogP contribution < -0.4 is 10.2 Å². The van der Waals surface area contributed by atoms with Gasteiger partial charge in [-0.1, -0.05) is 18.2 Å². The number of hydrogen-bond acceptors (Lipinski definition) is 5. The zero-order valence-electron chi connectivity index (χ0n) is 18.4. The summed E-state index contributed by atoms with van der Waals surface area (Å²) in [7, 11) is 0. The summed E-state index contributed by atoms with van der Waals surface area (Å²) in [5.41, 5.74) is 2.66. The second-order valence-corrected chi connectivity index (χ2v) is 9.66. The Morgan fingerprint density at radius 3 is 2.53 bits per heavy atom. The van der Waals surface area contributed by atoms with Gasteiger partial charge in [0.25, 0.3) is 0 Å². The maximum Gasteiger partial charge on any atom is 0.407 e. The molecule has 1 heterocycles. The van der Waals surface area contributed by atoms with E-state index in [1.54, 1.807) is 24.3 Å². The van der Waals surface area contributed by atoms with Crippen LogP contribution >= 0.6 is 22.6 Å². The number of nitrogens with one attached hydrogen (secondary N) is 1. The van der Waals surface area contributed by atoms with Gasteiger partial charge in [0.05, 0.1) is 11.3 Å². The number of carbonyl (C=O) groups excluding carboxylic acids is 3.